The first kappa shape index (κ1) is 12.2. The quantitative estimate of drug-likeness (QED) is 0.736. The van der Waals surface area contributed by atoms with E-state index in [4.69, 9.17) is 5.73 Å². The van der Waals surface area contributed by atoms with Crippen LogP contribution in [0.15, 0.2) is 12.5 Å². The predicted molar refractivity (Wildman–Crippen MR) is 59.3 cm³/mol. The maximum absolute atomic E-state index is 10.9. The molecule has 1 aromatic heterocycles. The molecule has 0 spiro atoms. The van der Waals surface area contributed by atoms with Crippen molar-refractivity contribution >= 4 is 9.84 Å². The Morgan fingerprint density at radius 1 is 1.53 bits per heavy atom. The highest BCUT2D eigenvalue weighted by Gasteiger charge is 2.02. The number of sulfone groups is 1. The van der Waals surface area contributed by atoms with Gasteiger partial charge in [-0.1, -0.05) is 0 Å². The van der Waals surface area contributed by atoms with Gasteiger partial charge in [-0.25, -0.2) is 13.4 Å². The molecule has 0 saturated heterocycles. The fourth-order valence-corrected chi connectivity index (χ4v) is 1.97. The highest BCUT2D eigenvalue weighted by atomic mass is 32.2. The second kappa shape index (κ2) is 5.27. The van der Waals surface area contributed by atoms with Crippen LogP contribution >= 0.6 is 0 Å². The van der Waals surface area contributed by atoms with Crippen molar-refractivity contribution in [2.24, 2.45) is 5.73 Å². The first-order chi connectivity index (χ1) is 7.01. The lowest BCUT2D eigenvalue weighted by Gasteiger charge is -2.00. The maximum Gasteiger partial charge on any atom is 0.147 e. The molecular weight excluding hydrogens is 214 g/mol. The van der Waals surface area contributed by atoms with Crippen LogP contribution in [0.3, 0.4) is 0 Å². The Kier molecular flexibility index (Phi) is 4.28. The summed E-state index contributed by atoms with van der Waals surface area (Å²) in [6, 6.07) is 0. The van der Waals surface area contributed by atoms with Gasteiger partial charge in [-0.2, -0.15) is 0 Å². The van der Waals surface area contributed by atoms with Crippen molar-refractivity contribution in [3.8, 4) is 0 Å². The third kappa shape index (κ3) is 4.94. The Morgan fingerprint density at radius 3 is 2.87 bits per heavy atom. The fraction of sp³-hybridized carbons (Fsp3) is 0.667. The number of hydrogen-bond donors (Lipinski definition) is 1. The van der Waals surface area contributed by atoms with Crippen LogP contribution in [0.1, 0.15) is 12.1 Å². The van der Waals surface area contributed by atoms with Crippen molar-refractivity contribution < 1.29 is 8.42 Å². The summed E-state index contributed by atoms with van der Waals surface area (Å²) in [7, 11) is -2.85. The van der Waals surface area contributed by atoms with Crippen molar-refractivity contribution in [3.05, 3.63) is 18.2 Å². The lowest BCUT2D eigenvalue weighted by Crippen LogP contribution is -2.06. The molecule has 0 fully saturated rings. The van der Waals surface area contributed by atoms with Gasteiger partial charge in [0, 0.05) is 25.4 Å². The van der Waals surface area contributed by atoms with Crippen LogP contribution in [0, 0.1) is 0 Å². The predicted octanol–water partition coefficient (Wildman–Crippen LogP) is -0.181. The molecule has 0 aliphatic heterocycles. The Hall–Kier alpha value is -0.880. The average Bonchev–Trinajstić information content (AvgIpc) is 2.51. The Balaban J connectivity index is 2.38. The van der Waals surface area contributed by atoms with Gasteiger partial charge in [0.2, 0.25) is 0 Å². The highest BCUT2D eigenvalue weighted by molar-refractivity contribution is 7.90. The molecule has 0 amide bonds. The van der Waals surface area contributed by atoms with Gasteiger partial charge in [-0.05, 0) is 13.0 Å². The van der Waals surface area contributed by atoms with Crippen molar-refractivity contribution in [2.45, 2.75) is 19.4 Å². The van der Waals surface area contributed by atoms with Gasteiger partial charge in [0.15, 0.2) is 0 Å². The summed E-state index contributed by atoms with van der Waals surface area (Å²) in [5.41, 5.74) is 6.35. The lowest BCUT2D eigenvalue weighted by atomic mass is 10.3. The standard InChI is InChI=1S/C9H17N3O2S/c1-15(13,14)6-2-5-12-7-9(3-4-10)11-8-12/h7-8H,2-6,10H2,1H3. The molecule has 15 heavy (non-hydrogen) atoms. The lowest BCUT2D eigenvalue weighted by molar-refractivity contribution is 0.592. The van der Waals surface area contributed by atoms with E-state index in [0.29, 0.717) is 19.5 Å². The molecule has 0 radical (unpaired) electrons. The second-order valence-electron chi connectivity index (χ2n) is 3.62. The molecule has 0 bridgehead atoms. The van der Waals surface area contributed by atoms with E-state index < -0.39 is 9.84 Å². The van der Waals surface area contributed by atoms with Crippen molar-refractivity contribution in [3.63, 3.8) is 0 Å². The number of imidazole rings is 1. The number of hydrogen-bond acceptors (Lipinski definition) is 4. The molecular formula is C9H17N3O2S. The summed E-state index contributed by atoms with van der Waals surface area (Å²) in [5, 5.41) is 0. The summed E-state index contributed by atoms with van der Waals surface area (Å²) < 4.78 is 23.7. The molecule has 0 aliphatic rings. The van der Waals surface area contributed by atoms with Gasteiger partial charge in [0.25, 0.3) is 0 Å². The number of aryl methyl sites for hydroxylation is 1. The summed E-state index contributed by atoms with van der Waals surface area (Å²) >= 11 is 0. The fourth-order valence-electron chi connectivity index (χ4n) is 1.31. The third-order valence-electron chi connectivity index (χ3n) is 2.02. The van der Waals surface area contributed by atoms with Crippen molar-refractivity contribution in [1.82, 2.24) is 9.55 Å². The number of aromatic nitrogens is 2. The van der Waals surface area contributed by atoms with Crippen LogP contribution in [0.2, 0.25) is 0 Å². The minimum Gasteiger partial charge on any atom is -0.337 e. The summed E-state index contributed by atoms with van der Waals surface area (Å²) in [5.74, 6) is 0.220. The molecule has 1 rings (SSSR count). The molecule has 5 nitrogen and oxygen atoms in total. The van der Waals surface area contributed by atoms with E-state index in [-0.39, 0.29) is 5.75 Å². The van der Waals surface area contributed by atoms with E-state index >= 15 is 0 Å². The molecule has 0 atom stereocenters. The van der Waals surface area contributed by atoms with Gasteiger partial charge < -0.3 is 10.3 Å². The number of nitrogens with zero attached hydrogens (tertiary/aromatic N) is 2. The zero-order chi connectivity index (χ0) is 11.3. The van der Waals surface area contributed by atoms with Crippen LogP contribution in [-0.2, 0) is 22.8 Å². The molecule has 0 unspecified atom stereocenters. The van der Waals surface area contributed by atoms with E-state index in [1.54, 1.807) is 6.33 Å². The topological polar surface area (TPSA) is 78.0 Å². The van der Waals surface area contributed by atoms with E-state index in [0.717, 1.165) is 12.1 Å². The summed E-state index contributed by atoms with van der Waals surface area (Å²) in [4.78, 5) is 4.15. The molecule has 6 heteroatoms. The van der Waals surface area contributed by atoms with Crippen molar-refractivity contribution in [1.29, 1.82) is 0 Å². The normalized spacial score (nSPS) is 11.9. The van der Waals surface area contributed by atoms with E-state index in [2.05, 4.69) is 4.98 Å². The second-order valence-corrected chi connectivity index (χ2v) is 5.88. The van der Waals surface area contributed by atoms with Crippen LogP contribution in [0.25, 0.3) is 0 Å². The highest BCUT2D eigenvalue weighted by Crippen LogP contribution is 1.99. The maximum atomic E-state index is 10.9. The molecule has 0 aliphatic carbocycles. The minimum atomic E-state index is -2.85. The largest absolute Gasteiger partial charge is 0.337 e. The molecule has 86 valence electrons. The molecule has 0 saturated carbocycles. The SMILES string of the molecule is CS(=O)(=O)CCCn1cnc(CCN)c1. The van der Waals surface area contributed by atoms with Crippen molar-refractivity contribution in [2.75, 3.05) is 18.6 Å². The van der Waals surface area contributed by atoms with E-state index in [1.807, 2.05) is 10.8 Å². The molecule has 2 N–H and O–H groups in total. The van der Waals surface area contributed by atoms with Gasteiger partial charge in [-0.15, -0.1) is 0 Å². The van der Waals surface area contributed by atoms with Crippen LogP contribution < -0.4 is 5.73 Å². The Morgan fingerprint density at radius 2 is 2.27 bits per heavy atom. The first-order valence-electron chi connectivity index (χ1n) is 4.90. The van der Waals surface area contributed by atoms with Gasteiger partial charge in [0.05, 0.1) is 17.8 Å². The molecule has 0 aromatic carbocycles. The monoisotopic (exact) mass is 231 g/mol. The molecule has 1 aromatic rings. The van der Waals surface area contributed by atoms with Crippen LogP contribution in [0.4, 0.5) is 0 Å². The Bertz CT molecular complexity index is 397. The number of nitrogens with two attached hydrogens (primary N) is 1. The third-order valence-corrected chi connectivity index (χ3v) is 3.05. The van der Waals surface area contributed by atoms with Crippen LogP contribution in [-0.4, -0.2) is 36.5 Å². The van der Waals surface area contributed by atoms with E-state index in [1.165, 1.54) is 6.26 Å². The van der Waals surface area contributed by atoms with Gasteiger partial charge in [0.1, 0.15) is 9.84 Å². The summed E-state index contributed by atoms with van der Waals surface area (Å²) in [6.45, 7) is 1.27. The Labute approximate surface area is 90.2 Å². The van der Waals surface area contributed by atoms with Gasteiger partial charge in [-0.3, -0.25) is 0 Å². The zero-order valence-corrected chi connectivity index (χ0v) is 9.70. The summed E-state index contributed by atoms with van der Waals surface area (Å²) in [6.07, 6.45) is 6.26. The first-order valence-corrected chi connectivity index (χ1v) is 6.96. The smallest absolute Gasteiger partial charge is 0.147 e. The zero-order valence-electron chi connectivity index (χ0n) is 8.89. The van der Waals surface area contributed by atoms with Gasteiger partial charge >= 0.3 is 0 Å². The molecule has 1 heterocycles. The van der Waals surface area contributed by atoms with E-state index in [9.17, 15) is 8.42 Å². The van der Waals surface area contributed by atoms with Crippen LogP contribution in [0.5, 0.6) is 0 Å². The minimum absolute atomic E-state index is 0.220. The average molecular weight is 231 g/mol. The number of rotatable bonds is 6.